The highest BCUT2D eigenvalue weighted by Crippen LogP contribution is 2.27. The van der Waals surface area contributed by atoms with Gasteiger partial charge in [-0.3, -0.25) is 0 Å². The molecule has 3 aromatic carbocycles. The molecule has 0 fully saturated rings. The maximum atomic E-state index is 12.9. The van der Waals surface area contributed by atoms with E-state index in [1.165, 1.54) is 24.0 Å². The Hall–Kier alpha value is -2.37. The van der Waals surface area contributed by atoms with Gasteiger partial charge in [-0.1, -0.05) is 30.3 Å². The number of methoxy groups -OCH3 is 1. The normalized spacial score (nSPS) is 15.2. The van der Waals surface area contributed by atoms with E-state index in [2.05, 4.69) is 16.9 Å². The van der Waals surface area contributed by atoms with Crippen LogP contribution in [0.5, 0.6) is 5.75 Å². The Morgan fingerprint density at radius 2 is 1.61 bits per heavy atom. The first-order valence-corrected chi connectivity index (χ1v) is 11.2. The highest BCUT2D eigenvalue weighted by atomic mass is 32.2. The van der Waals surface area contributed by atoms with E-state index in [9.17, 15) is 8.42 Å². The molecule has 1 atom stereocenters. The predicted molar refractivity (Wildman–Crippen MR) is 112 cm³/mol. The molecule has 0 radical (unpaired) electrons. The van der Waals surface area contributed by atoms with Crippen molar-refractivity contribution in [2.45, 2.75) is 43.5 Å². The molecule has 28 heavy (non-hydrogen) atoms. The van der Waals surface area contributed by atoms with Crippen molar-refractivity contribution in [1.29, 1.82) is 0 Å². The fourth-order valence-corrected chi connectivity index (χ4v) is 5.15. The largest absolute Gasteiger partial charge is 0.497 e. The van der Waals surface area contributed by atoms with E-state index in [1.807, 2.05) is 37.3 Å². The standard InChI is InChI=1S/C23H25NO3S/c1-16(18-8-7-17-5-3-4-6-19(17)13-18)24-28(25,26)23-12-10-20-14-22(27-2)11-9-21(20)15-23/h7-16,24H,3-6H2,1-2H3/t16-/m0/s1. The fraction of sp³-hybridized carbons (Fsp3) is 0.304. The van der Waals surface area contributed by atoms with Crippen molar-refractivity contribution in [3.63, 3.8) is 0 Å². The second-order valence-corrected chi connectivity index (χ2v) is 9.17. The molecule has 4 rings (SSSR count). The van der Waals surface area contributed by atoms with Crippen LogP contribution >= 0.6 is 0 Å². The van der Waals surface area contributed by atoms with Gasteiger partial charge in [0.2, 0.25) is 10.0 Å². The van der Waals surface area contributed by atoms with Crippen LogP contribution in [0.3, 0.4) is 0 Å². The van der Waals surface area contributed by atoms with Crippen molar-refractivity contribution in [3.8, 4) is 5.75 Å². The minimum absolute atomic E-state index is 0.273. The number of rotatable bonds is 5. The van der Waals surface area contributed by atoms with E-state index in [4.69, 9.17) is 4.74 Å². The summed E-state index contributed by atoms with van der Waals surface area (Å²) < 4.78 is 33.9. The first kappa shape index (κ1) is 19.0. The third-order valence-electron chi connectivity index (χ3n) is 5.53. The summed E-state index contributed by atoms with van der Waals surface area (Å²) in [6.45, 7) is 1.90. The van der Waals surface area contributed by atoms with Gasteiger partial charge in [0.05, 0.1) is 12.0 Å². The summed E-state index contributed by atoms with van der Waals surface area (Å²) in [7, 11) is -2.00. The molecule has 4 nitrogen and oxygen atoms in total. The number of nitrogens with one attached hydrogen (secondary N) is 1. The summed E-state index contributed by atoms with van der Waals surface area (Å²) in [6.07, 6.45) is 4.65. The van der Waals surface area contributed by atoms with Gasteiger partial charge in [0.25, 0.3) is 0 Å². The molecular weight excluding hydrogens is 370 g/mol. The van der Waals surface area contributed by atoms with Crippen LogP contribution in [0.15, 0.2) is 59.5 Å². The van der Waals surface area contributed by atoms with Crippen molar-refractivity contribution in [1.82, 2.24) is 4.72 Å². The summed E-state index contributed by atoms with van der Waals surface area (Å²) in [6, 6.07) is 16.8. The highest BCUT2D eigenvalue weighted by molar-refractivity contribution is 7.89. The minimum atomic E-state index is -3.62. The molecule has 3 aromatic rings. The van der Waals surface area contributed by atoms with Crippen LogP contribution in [0.25, 0.3) is 10.8 Å². The molecule has 0 aromatic heterocycles. The van der Waals surface area contributed by atoms with Crippen molar-refractivity contribution in [2.75, 3.05) is 7.11 Å². The second-order valence-electron chi connectivity index (χ2n) is 7.45. The van der Waals surface area contributed by atoms with Gasteiger partial charge in [-0.05, 0) is 84.3 Å². The molecule has 1 aliphatic rings. The van der Waals surface area contributed by atoms with Gasteiger partial charge in [0.1, 0.15) is 5.75 Å². The fourth-order valence-electron chi connectivity index (χ4n) is 3.89. The van der Waals surface area contributed by atoms with Crippen LogP contribution in [-0.4, -0.2) is 15.5 Å². The number of hydrogen-bond acceptors (Lipinski definition) is 3. The number of aryl methyl sites for hydroxylation is 2. The second kappa shape index (κ2) is 7.57. The van der Waals surface area contributed by atoms with Gasteiger partial charge >= 0.3 is 0 Å². The van der Waals surface area contributed by atoms with Gasteiger partial charge in [-0.15, -0.1) is 0 Å². The summed E-state index contributed by atoms with van der Waals surface area (Å²) in [5, 5.41) is 1.81. The zero-order valence-corrected chi connectivity index (χ0v) is 17.1. The number of benzene rings is 3. The van der Waals surface area contributed by atoms with Crippen molar-refractivity contribution in [3.05, 3.63) is 71.3 Å². The maximum Gasteiger partial charge on any atom is 0.241 e. The first-order chi connectivity index (χ1) is 13.5. The minimum Gasteiger partial charge on any atom is -0.497 e. The molecule has 0 spiro atoms. The Balaban J connectivity index is 1.59. The molecule has 5 heteroatoms. The van der Waals surface area contributed by atoms with Crippen LogP contribution in [0, 0.1) is 0 Å². The third-order valence-corrected chi connectivity index (χ3v) is 7.07. The first-order valence-electron chi connectivity index (χ1n) is 9.68. The number of hydrogen-bond donors (Lipinski definition) is 1. The number of ether oxygens (including phenoxy) is 1. The van der Waals surface area contributed by atoms with E-state index in [0.717, 1.165) is 34.9 Å². The van der Waals surface area contributed by atoms with Crippen LogP contribution in [0.1, 0.15) is 42.5 Å². The molecule has 146 valence electrons. The monoisotopic (exact) mass is 395 g/mol. The molecule has 1 aliphatic carbocycles. The smallest absolute Gasteiger partial charge is 0.241 e. The van der Waals surface area contributed by atoms with E-state index >= 15 is 0 Å². The van der Waals surface area contributed by atoms with Crippen LogP contribution in [0.2, 0.25) is 0 Å². The van der Waals surface area contributed by atoms with Gasteiger partial charge in [-0.25, -0.2) is 13.1 Å². The summed E-state index contributed by atoms with van der Waals surface area (Å²) in [5.41, 5.74) is 3.76. The lowest BCUT2D eigenvalue weighted by Gasteiger charge is -2.20. The lowest BCUT2D eigenvalue weighted by Crippen LogP contribution is -2.27. The lowest BCUT2D eigenvalue weighted by atomic mass is 9.89. The van der Waals surface area contributed by atoms with Crippen molar-refractivity contribution >= 4 is 20.8 Å². The predicted octanol–water partition coefficient (Wildman–Crippen LogP) is 4.77. The lowest BCUT2D eigenvalue weighted by molar-refractivity contribution is 0.415. The Kier molecular flexibility index (Phi) is 5.13. The Morgan fingerprint density at radius 3 is 2.39 bits per heavy atom. The average Bonchev–Trinajstić information content (AvgIpc) is 2.72. The van der Waals surface area contributed by atoms with Gasteiger partial charge in [0, 0.05) is 6.04 Å². The topological polar surface area (TPSA) is 55.4 Å². The molecule has 0 aliphatic heterocycles. The van der Waals surface area contributed by atoms with E-state index in [-0.39, 0.29) is 10.9 Å². The van der Waals surface area contributed by atoms with Crippen LogP contribution in [0.4, 0.5) is 0 Å². The number of sulfonamides is 1. The van der Waals surface area contributed by atoms with Crippen molar-refractivity contribution in [2.24, 2.45) is 0 Å². The van der Waals surface area contributed by atoms with E-state index in [0.29, 0.717) is 0 Å². The molecule has 0 bridgehead atoms. The summed E-state index contributed by atoms with van der Waals surface area (Å²) >= 11 is 0. The van der Waals surface area contributed by atoms with Crippen molar-refractivity contribution < 1.29 is 13.2 Å². The van der Waals surface area contributed by atoms with Crippen LogP contribution in [-0.2, 0) is 22.9 Å². The molecule has 0 heterocycles. The molecule has 0 amide bonds. The quantitative estimate of drug-likeness (QED) is 0.677. The van der Waals surface area contributed by atoms with E-state index < -0.39 is 10.0 Å². The van der Waals surface area contributed by atoms with Gasteiger partial charge < -0.3 is 4.74 Å². The highest BCUT2D eigenvalue weighted by Gasteiger charge is 2.20. The van der Waals surface area contributed by atoms with Gasteiger partial charge in [0.15, 0.2) is 0 Å². The Bertz CT molecular complexity index is 1120. The Labute approximate surface area is 166 Å². The van der Waals surface area contributed by atoms with Crippen LogP contribution < -0.4 is 9.46 Å². The zero-order chi connectivity index (χ0) is 19.7. The maximum absolute atomic E-state index is 12.9. The molecule has 1 N–H and O–H groups in total. The average molecular weight is 396 g/mol. The number of fused-ring (bicyclic) bond motifs is 2. The molecule has 0 saturated heterocycles. The zero-order valence-electron chi connectivity index (χ0n) is 16.2. The molecule has 0 unspecified atom stereocenters. The molecular formula is C23H25NO3S. The molecule has 0 saturated carbocycles. The van der Waals surface area contributed by atoms with Gasteiger partial charge in [-0.2, -0.15) is 0 Å². The summed E-state index contributed by atoms with van der Waals surface area (Å²) in [5.74, 6) is 0.752. The van der Waals surface area contributed by atoms with E-state index in [1.54, 1.807) is 19.2 Å². The Morgan fingerprint density at radius 1 is 0.893 bits per heavy atom. The summed E-state index contributed by atoms with van der Waals surface area (Å²) in [4.78, 5) is 0.273. The third kappa shape index (κ3) is 3.77. The SMILES string of the molecule is COc1ccc2cc(S(=O)(=O)N[C@@H](C)c3ccc4c(c3)CCCC4)ccc2c1.